The van der Waals surface area contributed by atoms with Crippen LogP contribution in [0.25, 0.3) is 0 Å². The fourth-order valence-corrected chi connectivity index (χ4v) is 1.95. The van der Waals surface area contributed by atoms with Gasteiger partial charge in [0, 0.05) is 5.92 Å². The SMILES string of the molecule is CCCOc1ccc([C]2CC2(Cl)Cl)cc1. The highest BCUT2D eigenvalue weighted by Crippen LogP contribution is 2.58. The normalized spacial score (nSPS) is 18.9. The van der Waals surface area contributed by atoms with Crippen molar-refractivity contribution in [3.8, 4) is 5.75 Å². The largest absolute Gasteiger partial charge is 0.494 e. The van der Waals surface area contributed by atoms with Gasteiger partial charge in [0.05, 0.1) is 6.61 Å². The monoisotopic (exact) mass is 243 g/mol. The Morgan fingerprint density at radius 2 is 1.87 bits per heavy atom. The van der Waals surface area contributed by atoms with E-state index in [4.69, 9.17) is 27.9 Å². The molecule has 1 aliphatic rings. The third-order valence-electron chi connectivity index (χ3n) is 2.39. The lowest BCUT2D eigenvalue weighted by atomic mass is 10.1. The van der Waals surface area contributed by atoms with Gasteiger partial charge in [-0.2, -0.15) is 0 Å². The lowest BCUT2D eigenvalue weighted by molar-refractivity contribution is 0.317. The quantitative estimate of drug-likeness (QED) is 0.728. The minimum atomic E-state index is -0.619. The molecule has 0 amide bonds. The van der Waals surface area contributed by atoms with E-state index in [0.717, 1.165) is 36.7 Å². The van der Waals surface area contributed by atoms with Gasteiger partial charge >= 0.3 is 0 Å². The third kappa shape index (κ3) is 2.59. The molecule has 0 heterocycles. The van der Waals surface area contributed by atoms with Crippen LogP contribution in [-0.2, 0) is 0 Å². The minimum Gasteiger partial charge on any atom is -0.494 e. The number of hydrogen-bond donors (Lipinski definition) is 0. The molecule has 1 radical (unpaired) electrons. The lowest BCUT2D eigenvalue weighted by Crippen LogP contribution is -1.95. The van der Waals surface area contributed by atoms with Gasteiger partial charge in [-0.25, -0.2) is 0 Å². The van der Waals surface area contributed by atoms with Crippen LogP contribution in [0.2, 0.25) is 0 Å². The molecule has 0 spiro atoms. The van der Waals surface area contributed by atoms with Crippen LogP contribution in [0.3, 0.4) is 0 Å². The van der Waals surface area contributed by atoms with Crippen molar-refractivity contribution in [1.82, 2.24) is 0 Å². The van der Waals surface area contributed by atoms with Gasteiger partial charge in [-0.15, -0.1) is 23.2 Å². The fraction of sp³-hybridized carbons (Fsp3) is 0.417. The molecule has 0 saturated heterocycles. The van der Waals surface area contributed by atoms with Gasteiger partial charge in [0.1, 0.15) is 10.1 Å². The highest BCUT2D eigenvalue weighted by Gasteiger charge is 2.53. The van der Waals surface area contributed by atoms with Gasteiger partial charge in [0.15, 0.2) is 0 Å². The maximum atomic E-state index is 5.96. The summed E-state index contributed by atoms with van der Waals surface area (Å²) < 4.78 is 4.87. The van der Waals surface area contributed by atoms with Crippen LogP contribution in [0.5, 0.6) is 5.75 Å². The lowest BCUT2D eigenvalue weighted by Gasteiger charge is -2.05. The Bertz CT molecular complexity index is 332. The van der Waals surface area contributed by atoms with Crippen molar-refractivity contribution in [2.75, 3.05) is 6.61 Å². The van der Waals surface area contributed by atoms with Gasteiger partial charge < -0.3 is 4.74 Å². The number of rotatable bonds is 4. The minimum absolute atomic E-state index is 0.619. The van der Waals surface area contributed by atoms with Crippen LogP contribution in [0.4, 0.5) is 0 Å². The van der Waals surface area contributed by atoms with E-state index in [-0.39, 0.29) is 0 Å². The second-order valence-electron chi connectivity index (χ2n) is 3.73. The van der Waals surface area contributed by atoms with Crippen LogP contribution >= 0.6 is 23.2 Å². The Hall–Kier alpha value is -0.400. The maximum absolute atomic E-state index is 5.96. The highest BCUT2D eigenvalue weighted by molar-refractivity contribution is 6.53. The summed E-state index contributed by atoms with van der Waals surface area (Å²) in [5.74, 6) is 2.00. The first kappa shape index (κ1) is 11.1. The van der Waals surface area contributed by atoms with Crippen LogP contribution in [0.1, 0.15) is 25.3 Å². The van der Waals surface area contributed by atoms with Crippen molar-refractivity contribution in [1.29, 1.82) is 0 Å². The van der Waals surface area contributed by atoms with E-state index < -0.39 is 4.33 Å². The first-order valence-electron chi connectivity index (χ1n) is 5.11. The van der Waals surface area contributed by atoms with E-state index in [2.05, 4.69) is 6.92 Å². The Labute approximate surface area is 100 Å². The van der Waals surface area contributed by atoms with Gasteiger partial charge in [-0.05, 0) is 30.5 Å². The maximum Gasteiger partial charge on any atom is 0.130 e. The summed E-state index contributed by atoms with van der Waals surface area (Å²) in [5.41, 5.74) is 1.11. The van der Waals surface area contributed by atoms with Crippen molar-refractivity contribution < 1.29 is 4.74 Å². The summed E-state index contributed by atoms with van der Waals surface area (Å²) in [7, 11) is 0. The van der Waals surface area contributed by atoms with E-state index in [1.807, 2.05) is 24.3 Å². The van der Waals surface area contributed by atoms with E-state index in [1.54, 1.807) is 0 Å². The number of ether oxygens (including phenoxy) is 1. The Kier molecular flexibility index (Phi) is 3.13. The molecule has 1 saturated carbocycles. The number of hydrogen-bond acceptors (Lipinski definition) is 1. The van der Waals surface area contributed by atoms with Gasteiger partial charge in [0.2, 0.25) is 0 Å². The highest BCUT2D eigenvalue weighted by atomic mass is 35.5. The average Bonchev–Trinajstić information content (AvgIpc) is 2.86. The molecule has 0 aromatic heterocycles. The molecule has 1 aromatic rings. The summed E-state index contributed by atoms with van der Waals surface area (Å²) in [6.07, 6.45) is 1.79. The molecule has 0 unspecified atom stereocenters. The first-order chi connectivity index (χ1) is 7.13. The molecule has 1 fully saturated rings. The van der Waals surface area contributed by atoms with Crippen molar-refractivity contribution in [3.63, 3.8) is 0 Å². The molecule has 15 heavy (non-hydrogen) atoms. The number of halogens is 2. The smallest absolute Gasteiger partial charge is 0.130 e. The second-order valence-corrected chi connectivity index (χ2v) is 5.22. The molecule has 1 nitrogen and oxygen atoms in total. The average molecular weight is 244 g/mol. The first-order valence-corrected chi connectivity index (χ1v) is 5.86. The standard InChI is InChI=1S/C12H13Cl2O/c1-2-7-15-10-5-3-9(4-6-10)11-8-12(11,13)14/h3-6H,2,7-8H2,1H3. The topological polar surface area (TPSA) is 9.23 Å². The molecule has 1 aliphatic carbocycles. The van der Waals surface area contributed by atoms with E-state index in [9.17, 15) is 0 Å². The molecular weight excluding hydrogens is 231 g/mol. The predicted molar refractivity (Wildman–Crippen MR) is 63.6 cm³/mol. The zero-order valence-corrected chi connectivity index (χ0v) is 10.1. The summed E-state index contributed by atoms with van der Waals surface area (Å²) in [6.45, 7) is 2.84. The number of benzene rings is 1. The molecule has 0 bridgehead atoms. The fourth-order valence-electron chi connectivity index (χ4n) is 1.46. The summed E-state index contributed by atoms with van der Waals surface area (Å²) in [4.78, 5) is 0. The summed E-state index contributed by atoms with van der Waals surface area (Å²) in [6, 6.07) is 7.93. The zero-order chi connectivity index (χ0) is 10.9. The number of alkyl halides is 2. The second kappa shape index (κ2) is 4.23. The van der Waals surface area contributed by atoms with E-state index >= 15 is 0 Å². The van der Waals surface area contributed by atoms with E-state index in [1.165, 1.54) is 0 Å². The summed E-state index contributed by atoms with van der Waals surface area (Å²) in [5, 5.41) is 0. The van der Waals surface area contributed by atoms with Crippen LogP contribution in [0, 0.1) is 5.92 Å². The van der Waals surface area contributed by atoms with Crippen molar-refractivity contribution in [2.45, 2.75) is 24.1 Å². The van der Waals surface area contributed by atoms with Gasteiger partial charge in [-0.1, -0.05) is 19.1 Å². The molecule has 0 atom stereocenters. The van der Waals surface area contributed by atoms with Crippen molar-refractivity contribution in [3.05, 3.63) is 35.7 Å². The van der Waals surface area contributed by atoms with Crippen LogP contribution in [-0.4, -0.2) is 10.9 Å². The Morgan fingerprint density at radius 3 is 2.33 bits per heavy atom. The zero-order valence-electron chi connectivity index (χ0n) is 8.59. The Balaban J connectivity index is 1.99. The molecule has 0 aliphatic heterocycles. The predicted octanol–water partition coefficient (Wildman–Crippen LogP) is 3.98. The van der Waals surface area contributed by atoms with E-state index in [0.29, 0.717) is 0 Å². The van der Waals surface area contributed by atoms with Crippen LogP contribution < -0.4 is 4.74 Å². The Morgan fingerprint density at radius 1 is 1.27 bits per heavy atom. The van der Waals surface area contributed by atoms with Gasteiger partial charge in [-0.3, -0.25) is 0 Å². The molecule has 0 N–H and O–H groups in total. The third-order valence-corrected chi connectivity index (χ3v) is 3.11. The van der Waals surface area contributed by atoms with Crippen LogP contribution in [0.15, 0.2) is 24.3 Å². The molecular formula is C12H13Cl2O. The van der Waals surface area contributed by atoms with Crippen molar-refractivity contribution in [2.24, 2.45) is 0 Å². The van der Waals surface area contributed by atoms with Gasteiger partial charge in [0.25, 0.3) is 0 Å². The molecule has 3 heteroatoms. The molecule has 81 valence electrons. The molecule has 1 aromatic carbocycles. The molecule has 2 rings (SSSR count). The summed E-state index contributed by atoms with van der Waals surface area (Å²) >= 11 is 11.9. The van der Waals surface area contributed by atoms with Crippen molar-refractivity contribution >= 4 is 23.2 Å².